The number of piperidine rings is 1. The SMILES string of the molecule is CNS(=O)(=O)CCc1ccc2[nH]cc(C3CCN(C)CC3)c2c1.C[C@@H]1C/C=C/C=C/C=C/C=C/[C@H](O[C@@H]2O[C@H](C)[C@@H](O)[C@H](N)[C@@H]2O)C[C@@H]2O[C@](O)(C[C@@H](O)C[C@H]3O[C@@H]3/C=C/C(=O)O1)C[C@H](O)[C@H]2C(=O)O.S=c1nc[nH]c2nc[nH]c12.[Hg+2]. The number of esters is 1. The van der Waals surface area contributed by atoms with Crippen LogP contribution in [-0.4, -0.2) is 193 Å². The molecule has 9 rings (SSSR count). The van der Waals surface area contributed by atoms with Gasteiger partial charge in [0.2, 0.25) is 10.0 Å². The Kier molecular flexibility index (Phi) is 24.7. The number of nitrogens with one attached hydrogen (secondary N) is 4. The molecule has 0 unspecified atom stereocenters. The summed E-state index contributed by atoms with van der Waals surface area (Å²) in [5.74, 6) is -4.72. The number of ether oxygens (including phenoxy) is 5. The van der Waals surface area contributed by atoms with E-state index in [0.717, 1.165) is 35.3 Å². The Morgan fingerprint density at radius 1 is 0.951 bits per heavy atom. The Balaban J connectivity index is 0.000000253. The summed E-state index contributed by atoms with van der Waals surface area (Å²) < 4.78 is 54.7. The number of rotatable bonds is 8. The number of likely N-dealkylation sites (tertiary alicyclic amines) is 1. The Bertz CT molecular complexity index is 3020. The van der Waals surface area contributed by atoms with Gasteiger partial charge in [0.05, 0.1) is 67.2 Å². The summed E-state index contributed by atoms with van der Waals surface area (Å²) in [6.45, 7) is 5.61. The quantitative estimate of drug-likeness (QED) is 0.0522. The number of aromatic nitrogens is 5. The van der Waals surface area contributed by atoms with E-state index < -0.39 is 107 Å². The van der Waals surface area contributed by atoms with E-state index in [0.29, 0.717) is 23.4 Å². The smallest absolute Gasteiger partial charge is 0.481 e. The fraction of sp³-hybridized carbons (Fsp3) is 0.545. The number of aromatic amines is 3. The van der Waals surface area contributed by atoms with Crippen LogP contribution >= 0.6 is 12.2 Å². The first-order valence-corrected chi connectivity index (χ1v) is 28.9. The van der Waals surface area contributed by atoms with E-state index in [2.05, 4.69) is 59.9 Å². The largest absolute Gasteiger partial charge is 2.00 e. The number of fused-ring (bicyclic) bond motifs is 5. The number of cyclic esters (lactones) is 1. The van der Waals surface area contributed by atoms with Gasteiger partial charge < -0.3 is 79.9 Å². The number of aliphatic carboxylic acids is 1. The van der Waals surface area contributed by atoms with Gasteiger partial charge in [0.15, 0.2) is 22.4 Å². The van der Waals surface area contributed by atoms with Gasteiger partial charge >= 0.3 is 39.6 Å². The maximum absolute atomic E-state index is 12.3. The van der Waals surface area contributed by atoms with Crippen LogP contribution in [0.5, 0.6) is 0 Å². The van der Waals surface area contributed by atoms with Crippen molar-refractivity contribution in [1.82, 2.24) is 34.5 Å². The van der Waals surface area contributed by atoms with Gasteiger partial charge in [0, 0.05) is 55.3 Å². The van der Waals surface area contributed by atoms with Crippen LogP contribution in [0.3, 0.4) is 0 Å². The average Bonchev–Trinajstić information content (AvgIpc) is 3.76. The average molecular weight is 1350 g/mol. The molecule has 23 nitrogen and oxygen atoms in total. The summed E-state index contributed by atoms with van der Waals surface area (Å²) in [6.07, 6.45) is 13.4. The third-order valence-corrected chi connectivity index (χ3v) is 16.4. The van der Waals surface area contributed by atoms with Crippen LogP contribution in [0, 0.1) is 10.6 Å². The zero-order chi connectivity index (χ0) is 57.7. The second-order valence-corrected chi connectivity index (χ2v) is 23.3. The number of allylic oxidation sites excluding steroid dienone is 6. The molecule has 26 heteroatoms. The van der Waals surface area contributed by atoms with Crippen LogP contribution in [0.4, 0.5) is 0 Å². The number of sulfonamides is 1. The Morgan fingerprint density at radius 3 is 2.38 bits per heavy atom. The molecule has 8 heterocycles. The summed E-state index contributed by atoms with van der Waals surface area (Å²) in [7, 11) is 0.476. The number of hydrogen-bond donors (Lipinski definition) is 11. The van der Waals surface area contributed by atoms with Gasteiger partial charge in [-0.1, -0.05) is 66.9 Å². The van der Waals surface area contributed by atoms with E-state index in [4.69, 9.17) is 41.6 Å². The van der Waals surface area contributed by atoms with Gasteiger partial charge in [-0.05, 0) is 95.5 Å². The first-order chi connectivity index (χ1) is 38.1. The van der Waals surface area contributed by atoms with Gasteiger partial charge in [-0.15, -0.1) is 0 Å². The fourth-order valence-electron chi connectivity index (χ4n) is 10.1. The fourth-order valence-corrected chi connectivity index (χ4v) is 11.1. The van der Waals surface area contributed by atoms with Crippen molar-refractivity contribution in [3.63, 3.8) is 0 Å². The number of nitrogens with two attached hydrogens (primary N) is 1. The molecule has 81 heavy (non-hydrogen) atoms. The number of imidazole rings is 1. The predicted octanol–water partition coefficient (Wildman–Crippen LogP) is 3.20. The van der Waals surface area contributed by atoms with Gasteiger partial charge in [-0.3, -0.25) is 4.79 Å². The number of hydrogen-bond acceptors (Lipinski definition) is 19. The number of aryl methyl sites for hydroxylation is 1. The second-order valence-electron chi connectivity index (χ2n) is 20.9. The van der Waals surface area contributed by atoms with Crippen LogP contribution in [0.25, 0.3) is 22.1 Å². The molecule has 438 valence electrons. The van der Waals surface area contributed by atoms with Crippen molar-refractivity contribution in [1.29, 1.82) is 0 Å². The molecule has 1 aromatic carbocycles. The van der Waals surface area contributed by atoms with Crippen molar-refractivity contribution in [3.05, 3.63) is 114 Å². The number of aliphatic hydroxyl groups excluding tert-OH is 4. The van der Waals surface area contributed by atoms with E-state index in [9.17, 15) is 48.6 Å². The molecular weight excluding hydrogens is 1280 g/mol. The van der Waals surface area contributed by atoms with Gasteiger partial charge in [0.1, 0.15) is 29.7 Å². The van der Waals surface area contributed by atoms with Gasteiger partial charge in [-0.25, -0.2) is 27.9 Å². The summed E-state index contributed by atoms with van der Waals surface area (Å²) in [6, 6.07) is 5.16. The summed E-state index contributed by atoms with van der Waals surface area (Å²) >= 11 is 4.91. The monoisotopic (exact) mass is 1350 g/mol. The Hall–Kier alpha value is -4.42. The molecule has 4 fully saturated rings. The van der Waals surface area contributed by atoms with Crippen LogP contribution in [0.1, 0.15) is 75.8 Å². The molecule has 5 aliphatic heterocycles. The number of benzene rings is 1. The van der Waals surface area contributed by atoms with Gasteiger partial charge in [-0.2, -0.15) is 0 Å². The first-order valence-electron chi connectivity index (χ1n) is 26.8. The number of carbonyl (C=O) groups is 2. The molecule has 0 radical (unpaired) electrons. The predicted molar refractivity (Wildman–Crippen MR) is 299 cm³/mol. The van der Waals surface area contributed by atoms with Crippen LogP contribution in [0.2, 0.25) is 0 Å². The number of carbonyl (C=O) groups excluding carboxylic acids is 1. The van der Waals surface area contributed by atoms with E-state index in [-0.39, 0.29) is 58.8 Å². The maximum atomic E-state index is 12.3. The molecule has 0 saturated carbocycles. The minimum absolute atomic E-state index is 0. The van der Waals surface area contributed by atoms with E-state index in [1.807, 2.05) is 12.1 Å². The van der Waals surface area contributed by atoms with Crippen molar-refractivity contribution in [2.45, 2.75) is 150 Å². The minimum atomic E-state index is -3.16. The first kappa shape index (κ1) is 65.7. The minimum Gasteiger partial charge on any atom is -0.481 e. The number of carboxylic acid groups (broad SMARTS) is 1. The number of aliphatic hydroxyl groups is 5. The second kappa shape index (κ2) is 30.4. The molecular formula is C55H76HgN8O15S2+2. The Morgan fingerprint density at radius 2 is 1.67 bits per heavy atom. The van der Waals surface area contributed by atoms with Crippen LogP contribution in [0.15, 0.2) is 97.8 Å². The molecule has 3 aromatic heterocycles. The van der Waals surface area contributed by atoms with E-state index in [1.165, 1.54) is 49.3 Å². The van der Waals surface area contributed by atoms with E-state index >= 15 is 0 Å². The molecule has 0 spiro atoms. The van der Waals surface area contributed by atoms with Crippen molar-refractivity contribution in [2.24, 2.45) is 11.7 Å². The van der Waals surface area contributed by atoms with Crippen molar-refractivity contribution < 1.29 is 100.0 Å². The topological polar surface area (TPSA) is 354 Å². The molecule has 2 bridgehead atoms. The summed E-state index contributed by atoms with van der Waals surface area (Å²) in [5.41, 5.74) is 11.1. The number of nitrogens with zero attached hydrogens (tertiary/aromatic N) is 3. The van der Waals surface area contributed by atoms with Crippen molar-refractivity contribution in [3.8, 4) is 0 Å². The zero-order valence-electron chi connectivity index (χ0n) is 45.9. The molecule has 14 atom stereocenters. The molecule has 4 saturated heterocycles. The maximum Gasteiger partial charge on any atom is 2.00 e. The van der Waals surface area contributed by atoms with Crippen LogP contribution in [-0.2, 0) is 77.4 Å². The Labute approximate surface area is 496 Å². The number of epoxide rings is 1. The number of carboxylic acids is 1. The van der Waals surface area contributed by atoms with Gasteiger partial charge in [0.25, 0.3) is 0 Å². The zero-order valence-corrected chi connectivity index (χ0v) is 53.0. The molecule has 4 aromatic rings. The normalized spacial score (nSPS) is 33.8. The molecule has 5 aliphatic rings. The molecule has 0 aliphatic carbocycles. The van der Waals surface area contributed by atoms with Crippen molar-refractivity contribution in [2.75, 3.05) is 32.9 Å². The molecule has 0 amide bonds. The van der Waals surface area contributed by atoms with Crippen molar-refractivity contribution >= 4 is 56.2 Å². The standard InChI is InChI=1S/C33H47NO13.C17H25N3O2S.C5H4N4S.Hg/c1-18-10-8-6-4-3-5-7-9-11-21(45-32-30(39)28(34)29(38)19(2)44-32)15-25-27(31(40)41)22(36)17-33(42,47-25)16-20(35)14-24-23(46-24)12-13-26(37)43-18;1-18-23(21,22)10-7-13-3-4-17-15(11-13)16(12-19-17)14-5-8-20(2)9-6-14;10-5-3-4(7-1-6-3)8-2-9-5;/h3-9,11-13,18-25,27-30,32,35-36,38-39,42H,10,14-17,34H2,1-2H3,(H,40,41);3-4,11-12,14,18-19H,5-10H2,1-2H3;1-2H,(H2,6,7,8,9,10);/q;;;+2/b4-3+,7-5+,8-6+,11-9+,13-12+;;;/t18-,19-,20+,21+,22+,23-,24-,25+,27-,28+,29-,30+,32+,33-;;;/m1.../s1. The molecule has 12 N–H and O–H groups in total. The summed E-state index contributed by atoms with van der Waals surface area (Å²) in [4.78, 5) is 43.7. The van der Waals surface area contributed by atoms with E-state index in [1.54, 1.807) is 62.7 Å². The van der Waals surface area contributed by atoms with Crippen LogP contribution < -0.4 is 10.5 Å². The third kappa shape index (κ3) is 19.0. The summed E-state index contributed by atoms with van der Waals surface area (Å²) in [5, 5.41) is 65.2. The third-order valence-electron chi connectivity index (χ3n) is 14.7. The number of H-pyrrole nitrogens is 3.